The summed E-state index contributed by atoms with van der Waals surface area (Å²) in [6.45, 7) is 7.46. The van der Waals surface area contributed by atoms with Crippen molar-refractivity contribution in [3.8, 4) is 0 Å². The monoisotopic (exact) mass is 314 g/mol. The van der Waals surface area contributed by atoms with Gasteiger partial charge in [-0.05, 0) is 39.7 Å². The highest BCUT2D eigenvalue weighted by Crippen LogP contribution is 2.32. The first-order chi connectivity index (χ1) is 9.91. The van der Waals surface area contributed by atoms with E-state index in [-0.39, 0.29) is 0 Å². The second-order valence-corrected chi connectivity index (χ2v) is 7.73. The Bertz CT molecular complexity index is 592. The number of aryl methyl sites for hydroxylation is 2. The van der Waals surface area contributed by atoms with Gasteiger partial charge in [-0.25, -0.2) is 8.42 Å². The Morgan fingerprint density at radius 1 is 1.33 bits per heavy atom. The molecule has 5 nitrogen and oxygen atoms in total. The molecule has 1 unspecified atom stereocenters. The van der Waals surface area contributed by atoms with Gasteiger partial charge in [0.2, 0.25) is 10.0 Å². The molecular formula is C15H26N2O3S. The fraction of sp³-hybridized carbons (Fsp3) is 0.733. The van der Waals surface area contributed by atoms with E-state index >= 15 is 0 Å². The molecule has 2 rings (SSSR count). The van der Waals surface area contributed by atoms with Crippen LogP contribution in [0.4, 0.5) is 0 Å². The highest BCUT2D eigenvalue weighted by molar-refractivity contribution is 7.89. The average Bonchev–Trinajstić information content (AvgIpc) is 2.97. The van der Waals surface area contributed by atoms with Crippen molar-refractivity contribution in [1.82, 2.24) is 9.62 Å². The van der Waals surface area contributed by atoms with E-state index in [1.54, 1.807) is 11.2 Å². The third kappa shape index (κ3) is 3.17. The van der Waals surface area contributed by atoms with Crippen LogP contribution in [0.1, 0.15) is 43.3 Å². The molecule has 1 aromatic rings. The first-order valence-corrected chi connectivity index (χ1v) is 9.09. The summed E-state index contributed by atoms with van der Waals surface area (Å²) in [6, 6.07) is 0. The van der Waals surface area contributed by atoms with Crippen LogP contribution in [0, 0.1) is 19.8 Å². The quantitative estimate of drug-likeness (QED) is 0.876. The largest absolute Gasteiger partial charge is 0.465 e. The van der Waals surface area contributed by atoms with Gasteiger partial charge in [-0.2, -0.15) is 4.31 Å². The number of hydrogen-bond acceptors (Lipinski definition) is 4. The molecule has 0 spiro atoms. The predicted octanol–water partition coefficient (Wildman–Crippen LogP) is 2.43. The zero-order valence-corrected chi connectivity index (χ0v) is 14.2. The number of hydrogen-bond donors (Lipinski definition) is 1. The first-order valence-electron chi connectivity index (χ1n) is 7.65. The van der Waals surface area contributed by atoms with Gasteiger partial charge >= 0.3 is 0 Å². The molecule has 0 aliphatic carbocycles. The molecule has 0 radical (unpaired) electrons. The maximum atomic E-state index is 13.0. The van der Waals surface area contributed by atoms with Gasteiger partial charge in [-0.15, -0.1) is 0 Å². The standard InChI is InChI=1S/C15H26N2O3S/c1-5-6-13-7-8-17(10-13)21(18,19)15-12(3)20-11(2)14(15)9-16-4/h13,16H,5-10H2,1-4H3. The molecule has 6 heteroatoms. The van der Waals surface area contributed by atoms with Gasteiger partial charge in [0.1, 0.15) is 16.4 Å². The Labute approximate surface area is 127 Å². The molecular weight excluding hydrogens is 288 g/mol. The fourth-order valence-corrected chi connectivity index (χ4v) is 5.16. The maximum Gasteiger partial charge on any atom is 0.246 e. The summed E-state index contributed by atoms with van der Waals surface area (Å²) < 4.78 is 33.1. The molecule has 21 heavy (non-hydrogen) atoms. The molecule has 0 bridgehead atoms. The van der Waals surface area contributed by atoms with Gasteiger partial charge in [-0.3, -0.25) is 0 Å². The molecule has 1 aliphatic rings. The Morgan fingerprint density at radius 2 is 2.05 bits per heavy atom. The van der Waals surface area contributed by atoms with Crippen molar-refractivity contribution in [3.63, 3.8) is 0 Å². The Kier molecular flexibility index (Phi) is 5.11. The highest BCUT2D eigenvalue weighted by Gasteiger charge is 2.36. The van der Waals surface area contributed by atoms with E-state index < -0.39 is 10.0 Å². The van der Waals surface area contributed by atoms with Crippen molar-refractivity contribution in [2.24, 2.45) is 5.92 Å². The zero-order valence-electron chi connectivity index (χ0n) is 13.4. The van der Waals surface area contributed by atoms with Crippen LogP contribution in [0.5, 0.6) is 0 Å². The van der Waals surface area contributed by atoms with Crippen molar-refractivity contribution < 1.29 is 12.8 Å². The second-order valence-electron chi connectivity index (χ2n) is 5.86. The van der Waals surface area contributed by atoms with Crippen molar-refractivity contribution in [3.05, 3.63) is 17.1 Å². The zero-order chi connectivity index (χ0) is 15.6. The molecule has 1 saturated heterocycles. The summed E-state index contributed by atoms with van der Waals surface area (Å²) in [5, 5.41) is 3.03. The van der Waals surface area contributed by atoms with E-state index in [0.29, 0.717) is 42.0 Å². The van der Waals surface area contributed by atoms with Crippen LogP contribution in [0.15, 0.2) is 9.31 Å². The number of nitrogens with one attached hydrogen (secondary N) is 1. The van der Waals surface area contributed by atoms with Crippen molar-refractivity contribution in [1.29, 1.82) is 0 Å². The molecule has 0 saturated carbocycles. The van der Waals surface area contributed by atoms with Gasteiger partial charge in [0.05, 0.1) is 0 Å². The Hall–Kier alpha value is -0.850. The second kappa shape index (κ2) is 6.50. The molecule has 2 heterocycles. The van der Waals surface area contributed by atoms with Crippen LogP contribution in [-0.2, 0) is 16.6 Å². The third-order valence-corrected chi connectivity index (χ3v) is 6.28. The van der Waals surface area contributed by atoms with Gasteiger partial charge in [-0.1, -0.05) is 13.3 Å². The molecule has 0 amide bonds. The summed E-state index contributed by atoms with van der Waals surface area (Å²) in [7, 11) is -1.64. The lowest BCUT2D eigenvalue weighted by Crippen LogP contribution is -2.30. The lowest BCUT2D eigenvalue weighted by Gasteiger charge is -2.17. The molecule has 0 aromatic carbocycles. The maximum absolute atomic E-state index is 13.0. The van der Waals surface area contributed by atoms with Crippen LogP contribution in [0.2, 0.25) is 0 Å². The Morgan fingerprint density at radius 3 is 2.67 bits per heavy atom. The lowest BCUT2D eigenvalue weighted by molar-refractivity contribution is 0.441. The van der Waals surface area contributed by atoms with Crippen LogP contribution in [0.3, 0.4) is 0 Å². The summed E-state index contributed by atoms with van der Waals surface area (Å²) in [6.07, 6.45) is 3.16. The fourth-order valence-electron chi connectivity index (χ4n) is 3.22. The van der Waals surface area contributed by atoms with E-state index in [9.17, 15) is 8.42 Å². The summed E-state index contributed by atoms with van der Waals surface area (Å²) in [5.41, 5.74) is 0.758. The minimum Gasteiger partial charge on any atom is -0.465 e. The normalized spacial score (nSPS) is 20.3. The average molecular weight is 314 g/mol. The highest BCUT2D eigenvalue weighted by atomic mass is 32.2. The van der Waals surface area contributed by atoms with Crippen LogP contribution in [0.25, 0.3) is 0 Å². The summed E-state index contributed by atoms with van der Waals surface area (Å²) in [5.74, 6) is 1.67. The first kappa shape index (κ1) is 16.5. The molecule has 120 valence electrons. The number of furan rings is 1. The minimum absolute atomic E-state index is 0.367. The molecule has 1 aromatic heterocycles. The van der Waals surface area contributed by atoms with Gasteiger partial charge in [0.15, 0.2) is 0 Å². The van der Waals surface area contributed by atoms with Crippen molar-refractivity contribution in [2.45, 2.75) is 51.5 Å². The number of sulfonamides is 1. The number of nitrogens with zero attached hydrogens (tertiary/aromatic N) is 1. The smallest absolute Gasteiger partial charge is 0.246 e. The van der Waals surface area contributed by atoms with Crippen LogP contribution < -0.4 is 5.32 Å². The molecule has 1 atom stereocenters. The molecule has 1 fully saturated rings. The van der Waals surface area contributed by atoms with E-state index in [4.69, 9.17) is 4.42 Å². The van der Waals surface area contributed by atoms with E-state index in [1.165, 1.54) is 0 Å². The molecule has 1 N–H and O–H groups in total. The van der Waals surface area contributed by atoms with E-state index in [2.05, 4.69) is 12.2 Å². The van der Waals surface area contributed by atoms with Gasteiger partial charge in [0.25, 0.3) is 0 Å². The SMILES string of the molecule is CCCC1CCN(S(=O)(=O)c2c(C)oc(C)c2CNC)C1. The van der Waals surface area contributed by atoms with Gasteiger partial charge < -0.3 is 9.73 Å². The van der Waals surface area contributed by atoms with Gasteiger partial charge in [0, 0.05) is 25.2 Å². The topological polar surface area (TPSA) is 62.6 Å². The van der Waals surface area contributed by atoms with Crippen LogP contribution >= 0.6 is 0 Å². The summed E-state index contributed by atoms with van der Waals surface area (Å²) in [4.78, 5) is 0.367. The summed E-state index contributed by atoms with van der Waals surface area (Å²) >= 11 is 0. The third-order valence-electron chi connectivity index (χ3n) is 4.22. The molecule has 1 aliphatic heterocycles. The number of rotatable bonds is 6. The van der Waals surface area contributed by atoms with Crippen LogP contribution in [-0.4, -0.2) is 32.9 Å². The lowest BCUT2D eigenvalue weighted by atomic mass is 10.0. The Balaban J connectivity index is 2.32. The van der Waals surface area contributed by atoms with Crippen molar-refractivity contribution >= 4 is 10.0 Å². The van der Waals surface area contributed by atoms with E-state index in [1.807, 2.05) is 14.0 Å². The minimum atomic E-state index is -3.45. The predicted molar refractivity (Wildman–Crippen MR) is 82.7 cm³/mol. The van der Waals surface area contributed by atoms with Crippen molar-refractivity contribution in [2.75, 3.05) is 20.1 Å². The van der Waals surface area contributed by atoms with E-state index in [0.717, 1.165) is 24.8 Å².